The van der Waals surface area contributed by atoms with E-state index in [0.29, 0.717) is 27.6 Å². The third-order valence-corrected chi connectivity index (χ3v) is 5.38. The third-order valence-electron chi connectivity index (χ3n) is 4.17. The lowest BCUT2D eigenvalue weighted by molar-refractivity contribution is -0.113. The van der Waals surface area contributed by atoms with Crippen molar-refractivity contribution in [3.8, 4) is 0 Å². The Morgan fingerprint density at radius 2 is 1.89 bits per heavy atom. The van der Waals surface area contributed by atoms with Gasteiger partial charge in [-0.05, 0) is 61.7 Å². The molecule has 1 heterocycles. The molecule has 0 atom stereocenters. The molecule has 28 heavy (non-hydrogen) atoms. The van der Waals surface area contributed by atoms with Crippen LogP contribution in [0.2, 0.25) is 5.02 Å². The van der Waals surface area contributed by atoms with E-state index in [-0.39, 0.29) is 17.2 Å². The number of nitrogens with zero attached hydrogens (tertiary/aromatic N) is 2. The Hall–Kier alpha value is -2.31. The van der Waals surface area contributed by atoms with Gasteiger partial charge in [0.25, 0.3) is 5.56 Å². The van der Waals surface area contributed by atoms with Crippen LogP contribution in [0.4, 0.5) is 5.69 Å². The average Bonchev–Trinajstić information content (AvgIpc) is 2.61. The fourth-order valence-corrected chi connectivity index (χ4v) is 4.07. The van der Waals surface area contributed by atoms with E-state index < -0.39 is 0 Å². The standard InChI is InChI=1S/C21H22ClN3O2S/c1-4-7-25-20(27)17-6-5-15(22)11-18(17)24-21(25)28-12-19(26)23-16-9-13(2)8-14(3)10-16/h5-6,8-11H,4,7,12H2,1-3H3,(H,23,26). The lowest BCUT2D eigenvalue weighted by atomic mass is 10.1. The minimum atomic E-state index is -0.140. The van der Waals surface area contributed by atoms with Crippen LogP contribution in [0.15, 0.2) is 46.3 Å². The van der Waals surface area contributed by atoms with Crippen LogP contribution in [0.1, 0.15) is 24.5 Å². The molecular formula is C21H22ClN3O2S. The normalized spacial score (nSPS) is 11.0. The number of anilines is 1. The Balaban J connectivity index is 1.83. The van der Waals surface area contributed by atoms with Gasteiger partial charge in [0.15, 0.2) is 5.16 Å². The number of aromatic nitrogens is 2. The molecule has 0 aliphatic carbocycles. The number of halogens is 1. The van der Waals surface area contributed by atoms with Gasteiger partial charge in [-0.3, -0.25) is 14.2 Å². The van der Waals surface area contributed by atoms with Crippen molar-refractivity contribution in [1.29, 1.82) is 0 Å². The van der Waals surface area contributed by atoms with Crippen LogP contribution >= 0.6 is 23.4 Å². The SMILES string of the molecule is CCCn1c(SCC(=O)Nc2cc(C)cc(C)c2)nc2cc(Cl)ccc2c1=O. The lowest BCUT2D eigenvalue weighted by Crippen LogP contribution is -2.24. The number of thioether (sulfide) groups is 1. The summed E-state index contributed by atoms with van der Waals surface area (Å²) in [5.41, 5.74) is 3.38. The highest BCUT2D eigenvalue weighted by molar-refractivity contribution is 7.99. The predicted octanol–water partition coefficient (Wildman–Crippen LogP) is 4.81. The van der Waals surface area contributed by atoms with Crippen molar-refractivity contribution in [3.63, 3.8) is 0 Å². The summed E-state index contributed by atoms with van der Waals surface area (Å²) in [4.78, 5) is 29.8. The first-order valence-corrected chi connectivity index (χ1v) is 10.4. The van der Waals surface area contributed by atoms with Crippen LogP contribution in [0.3, 0.4) is 0 Å². The summed E-state index contributed by atoms with van der Waals surface area (Å²) in [6.07, 6.45) is 0.795. The fourth-order valence-electron chi connectivity index (χ4n) is 3.08. The van der Waals surface area contributed by atoms with Crippen molar-refractivity contribution in [1.82, 2.24) is 9.55 Å². The number of amides is 1. The van der Waals surface area contributed by atoms with Crippen molar-refractivity contribution in [3.05, 3.63) is 62.9 Å². The number of rotatable bonds is 6. The molecule has 0 unspecified atom stereocenters. The molecule has 0 fully saturated rings. The van der Waals surface area contributed by atoms with Crippen molar-refractivity contribution in [2.24, 2.45) is 0 Å². The van der Waals surface area contributed by atoms with Gasteiger partial charge >= 0.3 is 0 Å². The third kappa shape index (κ3) is 4.75. The van der Waals surface area contributed by atoms with Crippen molar-refractivity contribution < 1.29 is 4.79 Å². The molecule has 0 bridgehead atoms. The minimum Gasteiger partial charge on any atom is -0.325 e. The zero-order valence-corrected chi connectivity index (χ0v) is 17.7. The summed E-state index contributed by atoms with van der Waals surface area (Å²) in [7, 11) is 0. The van der Waals surface area contributed by atoms with Gasteiger partial charge in [0.05, 0.1) is 16.7 Å². The zero-order chi connectivity index (χ0) is 20.3. The summed E-state index contributed by atoms with van der Waals surface area (Å²) in [6.45, 7) is 6.53. The van der Waals surface area contributed by atoms with Crippen LogP contribution in [0.25, 0.3) is 10.9 Å². The van der Waals surface area contributed by atoms with Crippen molar-refractivity contribution >= 4 is 45.9 Å². The van der Waals surface area contributed by atoms with E-state index in [1.54, 1.807) is 22.8 Å². The molecule has 1 aromatic heterocycles. The van der Waals surface area contributed by atoms with E-state index in [0.717, 1.165) is 23.2 Å². The van der Waals surface area contributed by atoms with Gasteiger partial charge in [0.2, 0.25) is 5.91 Å². The van der Waals surface area contributed by atoms with E-state index in [9.17, 15) is 9.59 Å². The van der Waals surface area contributed by atoms with Crippen LogP contribution in [-0.4, -0.2) is 21.2 Å². The highest BCUT2D eigenvalue weighted by atomic mass is 35.5. The quantitative estimate of drug-likeness (QED) is 0.463. The topological polar surface area (TPSA) is 64.0 Å². The number of carbonyl (C=O) groups is 1. The van der Waals surface area contributed by atoms with E-state index in [2.05, 4.69) is 16.4 Å². The molecule has 0 aliphatic heterocycles. The van der Waals surface area contributed by atoms with Crippen molar-refractivity contribution in [2.45, 2.75) is 38.9 Å². The smallest absolute Gasteiger partial charge is 0.262 e. The first-order valence-electron chi connectivity index (χ1n) is 9.08. The van der Waals surface area contributed by atoms with Gasteiger partial charge in [-0.1, -0.05) is 36.4 Å². The van der Waals surface area contributed by atoms with Gasteiger partial charge in [0.1, 0.15) is 0 Å². The Bertz CT molecular complexity index is 1070. The molecule has 0 radical (unpaired) electrons. The number of fused-ring (bicyclic) bond motifs is 1. The number of hydrogen-bond acceptors (Lipinski definition) is 4. The predicted molar refractivity (Wildman–Crippen MR) is 117 cm³/mol. The Morgan fingerprint density at radius 3 is 2.57 bits per heavy atom. The molecule has 0 aliphatic rings. The minimum absolute atomic E-state index is 0.110. The van der Waals surface area contributed by atoms with Gasteiger partial charge < -0.3 is 5.32 Å². The summed E-state index contributed by atoms with van der Waals surface area (Å²) in [5, 5.41) is 4.49. The fraction of sp³-hybridized carbons (Fsp3) is 0.286. The molecule has 2 aromatic carbocycles. The molecule has 7 heteroatoms. The number of benzene rings is 2. The molecule has 1 amide bonds. The molecular weight excluding hydrogens is 394 g/mol. The van der Waals surface area contributed by atoms with Crippen LogP contribution in [0.5, 0.6) is 0 Å². The number of carbonyl (C=O) groups excluding carboxylic acids is 1. The summed E-state index contributed by atoms with van der Waals surface area (Å²) in [5.74, 6) is 0.0216. The lowest BCUT2D eigenvalue weighted by Gasteiger charge is -2.12. The summed E-state index contributed by atoms with van der Waals surface area (Å²) < 4.78 is 1.63. The average molecular weight is 416 g/mol. The molecule has 1 N–H and O–H groups in total. The van der Waals surface area contributed by atoms with Gasteiger partial charge in [0, 0.05) is 17.3 Å². The second-order valence-corrected chi connectivity index (χ2v) is 8.10. The largest absolute Gasteiger partial charge is 0.325 e. The van der Waals surface area contributed by atoms with Crippen LogP contribution in [0, 0.1) is 13.8 Å². The van der Waals surface area contributed by atoms with Gasteiger partial charge in [-0.25, -0.2) is 4.98 Å². The molecule has 3 rings (SSSR count). The maximum absolute atomic E-state index is 12.8. The van der Waals surface area contributed by atoms with Gasteiger partial charge in [-0.2, -0.15) is 0 Å². The summed E-state index contributed by atoms with van der Waals surface area (Å²) >= 11 is 7.30. The van der Waals surface area contributed by atoms with Gasteiger partial charge in [-0.15, -0.1) is 0 Å². The molecule has 0 saturated carbocycles. The number of nitrogens with one attached hydrogen (secondary N) is 1. The second kappa shape index (κ2) is 8.80. The summed E-state index contributed by atoms with van der Waals surface area (Å²) in [6, 6.07) is 11.0. The molecule has 146 valence electrons. The maximum atomic E-state index is 12.8. The van der Waals surface area contributed by atoms with E-state index in [4.69, 9.17) is 11.6 Å². The van der Waals surface area contributed by atoms with E-state index in [1.165, 1.54) is 11.8 Å². The monoisotopic (exact) mass is 415 g/mol. The molecule has 5 nitrogen and oxygen atoms in total. The Morgan fingerprint density at radius 1 is 1.18 bits per heavy atom. The van der Waals surface area contributed by atoms with Crippen LogP contribution in [-0.2, 0) is 11.3 Å². The zero-order valence-electron chi connectivity index (χ0n) is 16.1. The molecule has 0 spiro atoms. The van der Waals surface area contributed by atoms with E-state index in [1.807, 2.05) is 32.9 Å². The maximum Gasteiger partial charge on any atom is 0.262 e. The molecule has 3 aromatic rings. The number of aryl methyl sites for hydroxylation is 2. The Kier molecular flexibility index (Phi) is 6.42. The second-order valence-electron chi connectivity index (χ2n) is 6.73. The van der Waals surface area contributed by atoms with Crippen molar-refractivity contribution in [2.75, 3.05) is 11.1 Å². The number of hydrogen-bond donors (Lipinski definition) is 1. The molecule has 0 saturated heterocycles. The highest BCUT2D eigenvalue weighted by Crippen LogP contribution is 2.21. The Labute approximate surface area is 173 Å². The first kappa shape index (κ1) is 20.4. The van der Waals surface area contributed by atoms with E-state index >= 15 is 0 Å². The van der Waals surface area contributed by atoms with Crippen LogP contribution < -0.4 is 10.9 Å². The highest BCUT2D eigenvalue weighted by Gasteiger charge is 2.13. The first-order chi connectivity index (χ1) is 13.4.